The Balaban J connectivity index is 0. The number of unbranched alkanes of at least 4 members (excludes halogenated alkanes) is 12. The van der Waals surface area contributed by atoms with Crippen molar-refractivity contribution in [2.75, 3.05) is 39.6 Å². The molecule has 0 amide bonds. The smallest absolute Gasteiger partial charge is 0.305 e. The van der Waals surface area contributed by atoms with Crippen LogP contribution in [0, 0.1) is 11.8 Å². The minimum Gasteiger partial charge on any atom is -0.466 e. The van der Waals surface area contributed by atoms with E-state index in [0.29, 0.717) is 18.9 Å². The Morgan fingerprint density at radius 3 is 1.43 bits per heavy atom. The quantitative estimate of drug-likeness (QED) is 0.0380. The summed E-state index contributed by atoms with van der Waals surface area (Å²) in [6, 6.07) is 0. The van der Waals surface area contributed by atoms with Crippen molar-refractivity contribution in [1.29, 1.82) is 0 Å². The Kier molecular flexibility index (Phi) is 39.7. The van der Waals surface area contributed by atoms with Gasteiger partial charge in [0.1, 0.15) is 6.79 Å². The average molecular weight is 630 g/mol. The molecule has 0 atom stereocenters. The van der Waals surface area contributed by atoms with Gasteiger partial charge in [0.2, 0.25) is 0 Å². The summed E-state index contributed by atoms with van der Waals surface area (Å²) >= 11 is 0. The zero-order valence-electron chi connectivity index (χ0n) is 30.2. The maximum Gasteiger partial charge on any atom is 0.305 e. The van der Waals surface area contributed by atoms with Crippen molar-refractivity contribution < 1.29 is 24.9 Å². The monoisotopic (exact) mass is 630 g/mol. The SMILES string of the molecule is CCCCCC(CCCCC)CCCCCCCN(CCO)CCCCCCCC(=O)OCCC(CCC)CCC.OCO. The Bertz CT molecular complexity index is 531. The first kappa shape index (κ1) is 45.4. The molecule has 44 heavy (non-hydrogen) atoms. The van der Waals surface area contributed by atoms with Crippen LogP contribution in [-0.2, 0) is 9.53 Å². The minimum absolute atomic E-state index is 0.00960. The largest absolute Gasteiger partial charge is 0.466 e. The van der Waals surface area contributed by atoms with Crippen molar-refractivity contribution in [2.45, 2.75) is 188 Å². The van der Waals surface area contributed by atoms with Crippen LogP contribution < -0.4 is 0 Å². The van der Waals surface area contributed by atoms with Crippen molar-refractivity contribution in [1.82, 2.24) is 4.90 Å². The van der Waals surface area contributed by atoms with E-state index in [4.69, 9.17) is 14.9 Å². The molecule has 0 aliphatic carbocycles. The lowest BCUT2D eigenvalue weighted by Gasteiger charge is -2.21. The van der Waals surface area contributed by atoms with E-state index in [9.17, 15) is 9.90 Å². The highest BCUT2D eigenvalue weighted by molar-refractivity contribution is 5.69. The number of aliphatic hydroxyl groups excluding tert-OH is 2. The highest BCUT2D eigenvalue weighted by Gasteiger charge is 2.10. The standard InChI is InChI=1S/C37H75NO3.CH4O2/c1-5-9-17-25-36(26-18-10-6-2)27-19-13-11-15-21-30-38(32-33-39)31-22-16-12-14-20-28-37(40)41-34-29-35(23-7-3)24-8-4;2-1-3/h35-36,39H,5-34H2,1-4H3;2-3H,1H2. The number of hydrogen-bond donors (Lipinski definition) is 3. The molecule has 0 aromatic rings. The molecule has 0 saturated heterocycles. The zero-order chi connectivity index (χ0) is 32.9. The van der Waals surface area contributed by atoms with E-state index in [2.05, 4.69) is 32.6 Å². The van der Waals surface area contributed by atoms with E-state index in [-0.39, 0.29) is 12.6 Å². The van der Waals surface area contributed by atoms with E-state index in [1.807, 2.05) is 0 Å². The summed E-state index contributed by atoms with van der Waals surface area (Å²) in [5.41, 5.74) is 0. The molecule has 0 aliphatic heterocycles. The van der Waals surface area contributed by atoms with Crippen LogP contribution in [0.15, 0.2) is 0 Å². The van der Waals surface area contributed by atoms with Crippen LogP contribution in [-0.4, -0.2) is 65.8 Å². The van der Waals surface area contributed by atoms with Crippen LogP contribution in [0.2, 0.25) is 0 Å². The van der Waals surface area contributed by atoms with E-state index >= 15 is 0 Å². The molecule has 3 N–H and O–H groups in total. The molecule has 0 radical (unpaired) electrons. The summed E-state index contributed by atoms with van der Waals surface area (Å²) in [6.07, 6.45) is 31.7. The molecule has 6 nitrogen and oxygen atoms in total. The number of hydrogen-bond acceptors (Lipinski definition) is 6. The first-order valence-electron chi connectivity index (χ1n) is 19.2. The molecule has 0 rings (SSSR count). The van der Waals surface area contributed by atoms with Gasteiger partial charge in [0.25, 0.3) is 0 Å². The number of carbonyl (C=O) groups excluding carboxylic acids is 1. The maximum atomic E-state index is 12.0. The first-order valence-corrected chi connectivity index (χ1v) is 19.2. The fraction of sp³-hybridized carbons (Fsp3) is 0.974. The van der Waals surface area contributed by atoms with Gasteiger partial charge < -0.3 is 25.0 Å². The van der Waals surface area contributed by atoms with Crippen LogP contribution in [0.1, 0.15) is 188 Å². The third-order valence-corrected chi connectivity index (χ3v) is 8.97. The molecule has 0 aromatic carbocycles. The second kappa shape index (κ2) is 38.5. The molecule has 0 heterocycles. The topological polar surface area (TPSA) is 90.2 Å². The van der Waals surface area contributed by atoms with Gasteiger partial charge in [-0.2, -0.15) is 0 Å². The molecule has 0 bridgehead atoms. The summed E-state index contributed by atoms with van der Waals surface area (Å²) in [5.74, 6) is 1.68. The second-order valence-electron chi connectivity index (χ2n) is 13.1. The molecular formula is C38H79NO5. The molecule has 0 spiro atoms. The van der Waals surface area contributed by atoms with Gasteiger partial charge in [-0.1, -0.05) is 156 Å². The number of rotatable bonds is 33. The summed E-state index contributed by atoms with van der Waals surface area (Å²) in [6.45, 7) is 12.2. The van der Waals surface area contributed by atoms with Gasteiger partial charge >= 0.3 is 5.97 Å². The van der Waals surface area contributed by atoms with Crippen LogP contribution in [0.5, 0.6) is 0 Å². The Morgan fingerprint density at radius 2 is 0.955 bits per heavy atom. The number of ether oxygens (including phenoxy) is 1. The van der Waals surface area contributed by atoms with E-state index in [1.54, 1.807) is 0 Å². The Hall–Kier alpha value is -0.690. The molecule has 0 aromatic heterocycles. The molecule has 266 valence electrons. The summed E-state index contributed by atoms with van der Waals surface area (Å²) in [4.78, 5) is 14.5. The van der Waals surface area contributed by atoms with Crippen LogP contribution in [0.3, 0.4) is 0 Å². The van der Waals surface area contributed by atoms with Crippen LogP contribution >= 0.6 is 0 Å². The molecule has 0 unspecified atom stereocenters. The van der Waals surface area contributed by atoms with Gasteiger partial charge in [-0.3, -0.25) is 4.79 Å². The maximum absolute atomic E-state index is 12.0. The minimum atomic E-state index is -0.750. The summed E-state index contributed by atoms with van der Waals surface area (Å²) in [5, 5.41) is 23.8. The highest BCUT2D eigenvalue weighted by atomic mass is 16.5. The lowest BCUT2D eigenvalue weighted by atomic mass is 9.90. The summed E-state index contributed by atoms with van der Waals surface area (Å²) in [7, 11) is 0. The number of aliphatic hydroxyl groups is 3. The van der Waals surface area contributed by atoms with Gasteiger partial charge in [-0.25, -0.2) is 0 Å². The zero-order valence-corrected chi connectivity index (χ0v) is 30.2. The van der Waals surface area contributed by atoms with Crippen molar-refractivity contribution in [3.05, 3.63) is 0 Å². The van der Waals surface area contributed by atoms with Crippen LogP contribution in [0.25, 0.3) is 0 Å². The van der Waals surface area contributed by atoms with E-state index in [1.165, 1.54) is 135 Å². The van der Waals surface area contributed by atoms with Crippen molar-refractivity contribution in [2.24, 2.45) is 11.8 Å². The first-order chi connectivity index (χ1) is 21.5. The normalized spacial score (nSPS) is 11.4. The van der Waals surface area contributed by atoms with Gasteiger partial charge in [0.05, 0.1) is 13.2 Å². The van der Waals surface area contributed by atoms with E-state index < -0.39 is 6.79 Å². The number of nitrogens with zero attached hydrogens (tertiary/aromatic N) is 1. The third-order valence-electron chi connectivity index (χ3n) is 8.97. The second-order valence-corrected chi connectivity index (χ2v) is 13.1. The predicted octanol–water partition coefficient (Wildman–Crippen LogP) is 9.82. The van der Waals surface area contributed by atoms with Crippen molar-refractivity contribution in [3.63, 3.8) is 0 Å². The molecule has 0 aliphatic rings. The highest BCUT2D eigenvalue weighted by Crippen LogP contribution is 2.24. The molecular weight excluding hydrogens is 550 g/mol. The number of esters is 1. The number of carbonyl (C=O) groups is 1. The van der Waals surface area contributed by atoms with E-state index in [0.717, 1.165) is 44.8 Å². The van der Waals surface area contributed by atoms with Crippen LogP contribution in [0.4, 0.5) is 0 Å². The fourth-order valence-electron chi connectivity index (χ4n) is 6.37. The average Bonchev–Trinajstić information content (AvgIpc) is 3.00. The Labute approximate surface area is 275 Å². The lowest BCUT2D eigenvalue weighted by molar-refractivity contribution is -0.144. The van der Waals surface area contributed by atoms with Gasteiger partial charge in [-0.05, 0) is 50.6 Å². The lowest BCUT2D eigenvalue weighted by Crippen LogP contribution is -2.29. The van der Waals surface area contributed by atoms with Gasteiger partial charge in [-0.15, -0.1) is 0 Å². The Morgan fingerprint density at radius 1 is 0.523 bits per heavy atom. The van der Waals surface area contributed by atoms with Gasteiger partial charge in [0.15, 0.2) is 0 Å². The summed E-state index contributed by atoms with van der Waals surface area (Å²) < 4.78 is 5.50. The molecule has 0 saturated carbocycles. The van der Waals surface area contributed by atoms with Crippen molar-refractivity contribution in [3.8, 4) is 0 Å². The fourth-order valence-corrected chi connectivity index (χ4v) is 6.37. The van der Waals surface area contributed by atoms with Crippen molar-refractivity contribution >= 4 is 5.97 Å². The molecule has 0 fully saturated rings. The third kappa shape index (κ3) is 34.2. The molecule has 6 heteroatoms. The predicted molar refractivity (Wildman–Crippen MR) is 189 cm³/mol. The van der Waals surface area contributed by atoms with Gasteiger partial charge in [0, 0.05) is 13.0 Å².